The van der Waals surface area contributed by atoms with E-state index in [0.717, 1.165) is 0 Å². The van der Waals surface area contributed by atoms with Gasteiger partial charge in [0.05, 0.1) is 6.61 Å². The van der Waals surface area contributed by atoms with E-state index in [1.54, 1.807) is 16.9 Å². The van der Waals surface area contributed by atoms with E-state index in [2.05, 4.69) is 10.4 Å². The van der Waals surface area contributed by atoms with Crippen molar-refractivity contribution in [1.82, 2.24) is 15.1 Å². The van der Waals surface area contributed by atoms with Crippen LogP contribution in [0.25, 0.3) is 0 Å². The molecule has 0 atom stereocenters. The lowest BCUT2D eigenvalue weighted by molar-refractivity contribution is 0.0939. The molecule has 1 aromatic heterocycles. The Morgan fingerprint density at radius 1 is 1.71 bits per heavy atom. The lowest BCUT2D eigenvalue weighted by Gasteiger charge is -2.03. The summed E-state index contributed by atoms with van der Waals surface area (Å²) in [5, 5.41) is 15.1. The van der Waals surface area contributed by atoms with Crippen molar-refractivity contribution in [3.05, 3.63) is 18.0 Å². The molecule has 0 aliphatic rings. The van der Waals surface area contributed by atoms with Gasteiger partial charge in [-0.25, -0.2) is 0 Å². The quantitative estimate of drug-likeness (QED) is 0.724. The number of rotatable bonds is 4. The Balaban J connectivity index is 2.62. The van der Waals surface area contributed by atoms with E-state index in [9.17, 15) is 4.79 Å². The van der Waals surface area contributed by atoms with Gasteiger partial charge in [0.25, 0.3) is 5.91 Å². The topological polar surface area (TPSA) is 67.2 Å². The molecular weight excluding hydrogens is 182 g/mol. The van der Waals surface area contributed by atoms with E-state index in [4.69, 9.17) is 5.11 Å². The van der Waals surface area contributed by atoms with Crippen molar-refractivity contribution in [2.24, 2.45) is 0 Å². The second kappa shape index (κ2) is 4.76. The number of carbonyl (C=O) groups is 1. The van der Waals surface area contributed by atoms with Crippen LogP contribution in [-0.4, -0.2) is 33.9 Å². The Morgan fingerprint density at radius 3 is 2.93 bits per heavy atom. The highest BCUT2D eigenvalue weighted by molar-refractivity contribution is 5.92. The molecule has 14 heavy (non-hydrogen) atoms. The predicted octanol–water partition coefficient (Wildman–Crippen LogP) is 0.186. The minimum absolute atomic E-state index is 0.0589. The molecule has 0 radical (unpaired) electrons. The summed E-state index contributed by atoms with van der Waals surface area (Å²) < 4.78 is 1.72. The molecule has 0 spiro atoms. The molecule has 0 unspecified atom stereocenters. The summed E-state index contributed by atoms with van der Waals surface area (Å²) in [5.74, 6) is -0.251. The number of nitrogens with one attached hydrogen (secondary N) is 1. The maximum atomic E-state index is 11.3. The molecule has 1 rings (SSSR count). The fourth-order valence-corrected chi connectivity index (χ4v) is 1.01. The van der Waals surface area contributed by atoms with E-state index in [0.29, 0.717) is 5.69 Å². The van der Waals surface area contributed by atoms with Crippen LogP contribution in [0.2, 0.25) is 0 Å². The number of hydrogen-bond acceptors (Lipinski definition) is 3. The summed E-state index contributed by atoms with van der Waals surface area (Å²) in [6.07, 6.45) is 1.76. The molecule has 1 heterocycles. The van der Waals surface area contributed by atoms with Crippen molar-refractivity contribution >= 4 is 5.91 Å². The first-order valence-electron chi connectivity index (χ1n) is 4.59. The molecule has 0 bridgehead atoms. The summed E-state index contributed by atoms with van der Waals surface area (Å²) in [6.45, 7) is 4.18. The van der Waals surface area contributed by atoms with Crippen molar-refractivity contribution in [2.75, 3.05) is 13.2 Å². The lowest BCUT2D eigenvalue weighted by atomic mass is 10.4. The Kier molecular flexibility index (Phi) is 3.64. The van der Waals surface area contributed by atoms with Gasteiger partial charge in [-0.2, -0.15) is 5.10 Å². The molecule has 0 saturated carbocycles. The van der Waals surface area contributed by atoms with Gasteiger partial charge in [0, 0.05) is 18.8 Å². The van der Waals surface area contributed by atoms with Gasteiger partial charge in [-0.3, -0.25) is 9.48 Å². The lowest BCUT2D eigenvalue weighted by Crippen LogP contribution is -2.26. The maximum Gasteiger partial charge on any atom is 0.271 e. The fraction of sp³-hybridized carbons (Fsp3) is 0.556. The van der Waals surface area contributed by atoms with Crippen LogP contribution in [0, 0.1) is 0 Å². The summed E-state index contributed by atoms with van der Waals surface area (Å²) in [4.78, 5) is 11.3. The molecule has 78 valence electrons. The van der Waals surface area contributed by atoms with Crippen molar-refractivity contribution in [3.63, 3.8) is 0 Å². The number of nitrogens with zero attached hydrogens (tertiary/aromatic N) is 2. The molecule has 0 aromatic carbocycles. The molecule has 1 amide bonds. The summed E-state index contributed by atoms with van der Waals surface area (Å²) in [6, 6.07) is 1.90. The van der Waals surface area contributed by atoms with Crippen LogP contribution in [0.15, 0.2) is 12.3 Å². The van der Waals surface area contributed by atoms with Crippen LogP contribution in [0.4, 0.5) is 0 Å². The SMILES string of the molecule is CC(C)n1ccc(C(=O)NCCO)n1. The van der Waals surface area contributed by atoms with Gasteiger partial charge in [0.1, 0.15) is 5.69 Å². The van der Waals surface area contributed by atoms with Crippen LogP contribution in [0.1, 0.15) is 30.4 Å². The molecule has 5 heteroatoms. The smallest absolute Gasteiger partial charge is 0.271 e. The monoisotopic (exact) mass is 197 g/mol. The molecule has 0 aliphatic heterocycles. The standard InChI is InChI=1S/C9H15N3O2/c1-7(2)12-5-3-8(11-12)9(14)10-4-6-13/h3,5,7,13H,4,6H2,1-2H3,(H,10,14). The maximum absolute atomic E-state index is 11.3. The van der Waals surface area contributed by atoms with Crippen LogP contribution in [0.3, 0.4) is 0 Å². The molecule has 2 N–H and O–H groups in total. The summed E-state index contributed by atoms with van der Waals surface area (Å²) in [5.41, 5.74) is 0.382. The van der Waals surface area contributed by atoms with Crippen LogP contribution in [0.5, 0.6) is 0 Å². The summed E-state index contributed by atoms with van der Waals surface area (Å²) >= 11 is 0. The largest absolute Gasteiger partial charge is 0.395 e. The highest BCUT2D eigenvalue weighted by Gasteiger charge is 2.09. The number of hydrogen-bond donors (Lipinski definition) is 2. The van der Waals surface area contributed by atoms with Gasteiger partial charge in [-0.05, 0) is 19.9 Å². The number of aliphatic hydroxyl groups excluding tert-OH is 1. The highest BCUT2D eigenvalue weighted by Crippen LogP contribution is 2.03. The van der Waals surface area contributed by atoms with Gasteiger partial charge >= 0.3 is 0 Å². The van der Waals surface area contributed by atoms with Crippen LogP contribution < -0.4 is 5.32 Å². The predicted molar refractivity (Wildman–Crippen MR) is 52.0 cm³/mol. The summed E-state index contributed by atoms with van der Waals surface area (Å²) in [7, 11) is 0. The second-order valence-electron chi connectivity index (χ2n) is 3.25. The van der Waals surface area contributed by atoms with E-state index >= 15 is 0 Å². The molecule has 1 aromatic rings. The minimum Gasteiger partial charge on any atom is -0.395 e. The van der Waals surface area contributed by atoms with Crippen LogP contribution in [-0.2, 0) is 0 Å². The third kappa shape index (κ3) is 2.56. The average molecular weight is 197 g/mol. The van der Waals surface area contributed by atoms with Gasteiger partial charge in [0.2, 0.25) is 0 Å². The molecular formula is C9H15N3O2. The zero-order valence-electron chi connectivity index (χ0n) is 8.40. The third-order valence-corrected chi connectivity index (χ3v) is 1.77. The zero-order chi connectivity index (χ0) is 10.6. The average Bonchev–Trinajstić information content (AvgIpc) is 2.62. The Hall–Kier alpha value is -1.36. The fourth-order valence-electron chi connectivity index (χ4n) is 1.01. The molecule has 0 saturated heterocycles. The molecule has 5 nitrogen and oxygen atoms in total. The van der Waals surface area contributed by atoms with Crippen molar-refractivity contribution in [3.8, 4) is 0 Å². The molecule has 0 fully saturated rings. The van der Waals surface area contributed by atoms with Crippen LogP contribution >= 0.6 is 0 Å². The van der Waals surface area contributed by atoms with E-state index in [1.165, 1.54) is 0 Å². The third-order valence-electron chi connectivity index (χ3n) is 1.77. The van der Waals surface area contributed by atoms with E-state index in [-0.39, 0.29) is 25.1 Å². The van der Waals surface area contributed by atoms with Crippen molar-refractivity contribution in [2.45, 2.75) is 19.9 Å². The second-order valence-corrected chi connectivity index (χ2v) is 3.25. The van der Waals surface area contributed by atoms with Gasteiger partial charge in [-0.15, -0.1) is 0 Å². The first-order chi connectivity index (χ1) is 6.65. The van der Waals surface area contributed by atoms with Crippen molar-refractivity contribution in [1.29, 1.82) is 0 Å². The molecule has 0 aliphatic carbocycles. The van der Waals surface area contributed by atoms with E-state index < -0.39 is 0 Å². The number of amides is 1. The first-order valence-corrected chi connectivity index (χ1v) is 4.59. The van der Waals surface area contributed by atoms with Gasteiger partial charge in [0.15, 0.2) is 0 Å². The minimum atomic E-state index is -0.251. The number of aromatic nitrogens is 2. The van der Waals surface area contributed by atoms with Gasteiger partial charge in [-0.1, -0.05) is 0 Å². The first kappa shape index (κ1) is 10.7. The van der Waals surface area contributed by atoms with Crippen molar-refractivity contribution < 1.29 is 9.90 Å². The van der Waals surface area contributed by atoms with Gasteiger partial charge < -0.3 is 10.4 Å². The Bertz CT molecular complexity index is 307. The number of carbonyl (C=O) groups excluding carboxylic acids is 1. The Labute approximate surface area is 82.7 Å². The van der Waals surface area contributed by atoms with E-state index in [1.807, 2.05) is 13.8 Å². The number of aliphatic hydroxyl groups is 1. The zero-order valence-corrected chi connectivity index (χ0v) is 8.40. The Morgan fingerprint density at radius 2 is 2.43 bits per heavy atom. The normalized spacial score (nSPS) is 10.6. The highest BCUT2D eigenvalue weighted by atomic mass is 16.3.